The molecule has 1 aliphatic rings. The highest BCUT2D eigenvalue weighted by atomic mass is 16.6. The van der Waals surface area contributed by atoms with Crippen LogP contribution >= 0.6 is 0 Å². The van der Waals surface area contributed by atoms with E-state index in [1.807, 2.05) is 0 Å². The molecule has 1 atom stereocenters. The molecule has 0 amide bonds. The van der Waals surface area contributed by atoms with Gasteiger partial charge in [0.15, 0.2) is 5.75 Å². The number of nitrogens with zero attached hydrogens (tertiary/aromatic N) is 1. The summed E-state index contributed by atoms with van der Waals surface area (Å²) in [6.45, 7) is 0.894. The Morgan fingerprint density at radius 1 is 1.56 bits per heavy atom. The minimum Gasteiger partial charge on any atom is -0.481 e. The SMILES string of the molecule is O=C(O)c1cccc(OC2CCOC2)c1[N+](=O)[O-]. The Morgan fingerprint density at radius 2 is 2.33 bits per heavy atom. The molecule has 1 heterocycles. The number of carboxylic acids is 1. The Morgan fingerprint density at radius 3 is 2.89 bits per heavy atom. The van der Waals surface area contributed by atoms with Crippen molar-refractivity contribution in [3.8, 4) is 5.75 Å². The molecule has 0 radical (unpaired) electrons. The lowest BCUT2D eigenvalue weighted by molar-refractivity contribution is -0.386. The summed E-state index contributed by atoms with van der Waals surface area (Å²) in [5.74, 6) is -1.38. The standard InChI is InChI=1S/C11H11NO6/c13-11(14)8-2-1-3-9(10(8)12(15)16)18-7-4-5-17-6-7/h1-3,7H,4-6H2,(H,13,14). The Hall–Kier alpha value is -2.15. The molecule has 2 rings (SSSR count). The maximum Gasteiger partial charge on any atom is 0.342 e. The number of ether oxygens (including phenoxy) is 2. The molecule has 1 saturated heterocycles. The van der Waals surface area contributed by atoms with Crippen LogP contribution in [-0.4, -0.2) is 35.3 Å². The van der Waals surface area contributed by atoms with E-state index in [1.165, 1.54) is 18.2 Å². The summed E-state index contributed by atoms with van der Waals surface area (Å²) in [6.07, 6.45) is 0.363. The van der Waals surface area contributed by atoms with Crippen LogP contribution < -0.4 is 4.74 Å². The average Bonchev–Trinajstić information content (AvgIpc) is 2.81. The zero-order valence-electron chi connectivity index (χ0n) is 9.37. The van der Waals surface area contributed by atoms with E-state index in [-0.39, 0.29) is 17.4 Å². The number of carboxylic acid groups (broad SMARTS) is 1. The molecule has 18 heavy (non-hydrogen) atoms. The van der Waals surface area contributed by atoms with Gasteiger partial charge in [-0.2, -0.15) is 0 Å². The third kappa shape index (κ3) is 2.40. The minimum absolute atomic E-state index is 0.0320. The number of nitro benzene ring substituents is 1. The van der Waals surface area contributed by atoms with Crippen LogP contribution in [0.1, 0.15) is 16.8 Å². The number of carbonyl (C=O) groups is 1. The molecule has 0 bridgehead atoms. The van der Waals surface area contributed by atoms with E-state index in [0.717, 1.165) is 0 Å². The molecular formula is C11H11NO6. The molecule has 1 aromatic carbocycles. The molecule has 0 saturated carbocycles. The van der Waals surface area contributed by atoms with Gasteiger partial charge in [-0.25, -0.2) is 4.79 Å². The van der Waals surface area contributed by atoms with Crippen LogP contribution in [-0.2, 0) is 4.74 Å². The zero-order chi connectivity index (χ0) is 13.1. The molecule has 0 aliphatic carbocycles. The van der Waals surface area contributed by atoms with Crippen molar-refractivity contribution in [3.63, 3.8) is 0 Å². The average molecular weight is 253 g/mol. The Kier molecular flexibility index (Phi) is 3.42. The maximum atomic E-state index is 11.0. The number of hydrogen-bond donors (Lipinski definition) is 1. The highest BCUT2D eigenvalue weighted by molar-refractivity contribution is 5.93. The van der Waals surface area contributed by atoms with E-state index in [2.05, 4.69) is 0 Å². The molecular weight excluding hydrogens is 242 g/mol. The second-order valence-corrected chi connectivity index (χ2v) is 3.82. The smallest absolute Gasteiger partial charge is 0.342 e. The van der Waals surface area contributed by atoms with Crippen molar-refractivity contribution in [2.75, 3.05) is 13.2 Å². The van der Waals surface area contributed by atoms with Gasteiger partial charge >= 0.3 is 11.7 Å². The van der Waals surface area contributed by atoms with Crippen molar-refractivity contribution in [3.05, 3.63) is 33.9 Å². The van der Waals surface area contributed by atoms with Crippen LogP contribution in [0.3, 0.4) is 0 Å². The third-order valence-corrected chi connectivity index (χ3v) is 2.59. The quantitative estimate of drug-likeness (QED) is 0.644. The van der Waals surface area contributed by atoms with Gasteiger partial charge in [-0.15, -0.1) is 0 Å². The van der Waals surface area contributed by atoms with Crippen LogP contribution in [0.25, 0.3) is 0 Å². The molecule has 7 nitrogen and oxygen atoms in total. The van der Waals surface area contributed by atoms with Gasteiger partial charge in [-0.3, -0.25) is 10.1 Å². The normalized spacial score (nSPS) is 18.6. The third-order valence-electron chi connectivity index (χ3n) is 2.59. The number of hydrogen-bond acceptors (Lipinski definition) is 5. The van der Waals surface area contributed by atoms with Gasteiger partial charge < -0.3 is 14.6 Å². The molecule has 0 spiro atoms. The summed E-state index contributed by atoms with van der Waals surface area (Å²) < 4.78 is 10.5. The molecule has 1 aromatic rings. The fraction of sp³-hybridized carbons (Fsp3) is 0.364. The Balaban J connectivity index is 2.36. The fourth-order valence-corrected chi connectivity index (χ4v) is 1.76. The summed E-state index contributed by atoms with van der Waals surface area (Å²) in [5.41, 5.74) is -0.895. The maximum absolute atomic E-state index is 11.0. The first-order chi connectivity index (χ1) is 8.59. The van der Waals surface area contributed by atoms with Gasteiger partial charge in [-0.05, 0) is 12.1 Å². The fourth-order valence-electron chi connectivity index (χ4n) is 1.76. The first-order valence-electron chi connectivity index (χ1n) is 5.34. The molecule has 1 N–H and O–H groups in total. The monoisotopic (exact) mass is 253 g/mol. The lowest BCUT2D eigenvalue weighted by Gasteiger charge is -2.12. The van der Waals surface area contributed by atoms with Crippen LogP contribution in [0.5, 0.6) is 5.75 Å². The predicted molar refractivity (Wildman–Crippen MR) is 59.9 cm³/mol. The largest absolute Gasteiger partial charge is 0.481 e. The lowest BCUT2D eigenvalue weighted by Crippen LogP contribution is -2.17. The second-order valence-electron chi connectivity index (χ2n) is 3.82. The van der Waals surface area contributed by atoms with E-state index in [0.29, 0.717) is 19.6 Å². The number of nitro groups is 1. The van der Waals surface area contributed by atoms with Gasteiger partial charge in [0.25, 0.3) is 0 Å². The summed E-state index contributed by atoms with van der Waals surface area (Å²) in [7, 11) is 0. The number of aromatic carboxylic acids is 1. The second kappa shape index (κ2) is 5.01. The Bertz CT molecular complexity index is 480. The van der Waals surface area contributed by atoms with Crippen LogP contribution in [0.15, 0.2) is 18.2 Å². The van der Waals surface area contributed by atoms with E-state index >= 15 is 0 Å². The van der Waals surface area contributed by atoms with Gasteiger partial charge in [-0.1, -0.05) is 6.07 Å². The summed E-state index contributed by atoms with van der Waals surface area (Å²) in [4.78, 5) is 21.1. The first kappa shape index (κ1) is 12.3. The van der Waals surface area contributed by atoms with Crippen molar-refractivity contribution in [2.45, 2.75) is 12.5 Å². The van der Waals surface area contributed by atoms with E-state index in [9.17, 15) is 14.9 Å². The zero-order valence-corrected chi connectivity index (χ0v) is 9.37. The minimum atomic E-state index is -1.35. The number of rotatable bonds is 4. The highest BCUT2D eigenvalue weighted by Gasteiger charge is 2.28. The van der Waals surface area contributed by atoms with Crippen molar-refractivity contribution in [2.24, 2.45) is 0 Å². The van der Waals surface area contributed by atoms with Gasteiger partial charge in [0.05, 0.1) is 18.1 Å². The molecule has 7 heteroatoms. The van der Waals surface area contributed by atoms with Gasteiger partial charge in [0.1, 0.15) is 11.7 Å². The van der Waals surface area contributed by atoms with Crippen molar-refractivity contribution >= 4 is 11.7 Å². The number of benzene rings is 1. The number of para-hydroxylation sites is 1. The predicted octanol–water partition coefficient (Wildman–Crippen LogP) is 1.46. The van der Waals surface area contributed by atoms with Crippen LogP contribution in [0.2, 0.25) is 0 Å². The summed E-state index contributed by atoms with van der Waals surface area (Å²) in [6, 6.07) is 3.99. The van der Waals surface area contributed by atoms with Crippen LogP contribution in [0.4, 0.5) is 5.69 Å². The molecule has 1 fully saturated rings. The topological polar surface area (TPSA) is 98.9 Å². The molecule has 1 aliphatic heterocycles. The lowest BCUT2D eigenvalue weighted by atomic mass is 10.1. The Labute approximate surface area is 102 Å². The van der Waals surface area contributed by atoms with Crippen molar-refractivity contribution < 1.29 is 24.3 Å². The molecule has 1 unspecified atom stereocenters. The molecule has 0 aromatic heterocycles. The van der Waals surface area contributed by atoms with E-state index < -0.39 is 16.6 Å². The van der Waals surface area contributed by atoms with Crippen molar-refractivity contribution in [1.29, 1.82) is 0 Å². The van der Waals surface area contributed by atoms with E-state index in [1.54, 1.807) is 0 Å². The van der Waals surface area contributed by atoms with Gasteiger partial charge in [0, 0.05) is 6.42 Å². The van der Waals surface area contributed by atoms with E-state index in [4.69, 9.17) is 14.6 Å². The first-order valence-corrected chi connectivity index (χ1v) is 5.34. The van der Waals surface area contributed by atoms with Crippen molar-refractivity contribution in [1.82, 2.24) is 0 Å². The van der Waals surface area contributed by atoms with Gasteiger partial charge in [0.2, 0.25) is 0 Å². The van der Waals surface area contributed by atoms with Crippen LogP contribution in [0, 0.1) is 10.1 Å². The summed E-state index contributed by atoms with van der Waals surface area (Å²) in [5, 5.41) is 19.9. The molecule has 96 valence electrons. The summed E-state index contributed by atoms with van der Waals surface area (Å²) >= 11 is 0. The highest BCUT2D eigenvalue weighted by Crippen LogP contribution is 2.32.